The first-order valence-corrected chi connectivity index (χ1v) is 7.55. The van der Waals surface area contributed by atoms with Crippen molar-refractivity contribution in [3.63, 3.8) is 0 Å². The number of ether oxygens (including phenoxy) is 2. The fourth-order valence-corrected chi connectivity index (χ4v) is 3.75. The molecule has 0 amide bonds. The first-order chi connectivity index (χ1) is 10.5. The van der Waals surface area contributed by atoms with Crippen LogP contribution >= 0.6 is 0 Å². The Morgan fingerprint density at radius 1 is 1.36 bits per heavy atom. The summed E-state index contributed by atoms with van der Waals surface area (Å²) in [6.45, 7) is 7.86. The van der Waals surface area contributed by atoms with Gasteiger partial charge in [-0.1, -0.05) is 6.08 Å². The third-order valence-corrected chi connectivity index (χ3v) is 4.68. The summed E-state index contributed by atoms with van der Waals surface area (Å²) in [5.74, 6) is 0.211. The number of rotatable bonds is 2. The summed E-state index contributed by atoms with van der Waals surface area (Å²) in [4.78, 5) is 8.45. The van der Waals surface area contributed by atoms with Gasteiger partial charge in [0.05, 0.1) is 17.5 Å². The van der Waals surface area contributed by atoms with Crippen LogP contribution in [-0.2, 0) is 9.47 Å². The quantitative estimate of drug-likeness (QED) is 0.861. The molecule has 4 rings (SSSR count). The minimum atomic E-state index is -0.563. The molecule has 2 fully saturated rings. The lowest BCUT2D eigenvalue weighted by Gasteiger charge is -2.24. The van der Waals surface area contributed by atoms with E-state index in [0.29, 0.717) is 5.82 Å². The van der Waals surface area contributed by atoms with Crippen molar-refractivity contribution in [1.82, 2.24) is 14.5 Å². The molecular formula is C16H20N4O2. The molecule has 1 aliphatic carbocycles. The fraction of sp³-hybridized carbons (Fsp3) is 0.500. The zero-order valence-electron chi connectivity index (χ0n) is 12.8. The highest BCUT2D eigenvalue weighted by Gasteiger charge is 2.53. The van der Waals surface area contributed by atoms with Gasteiger partial charge in [0.25, 0.3) is 0 Å². The van der Waals surface area contributed by atoms with Crippen LogP contribution in [0.3, 0.4) is 0 Å². The summed E-state index contributed by atoms with van der Waals surface area (Å²) in [5, 5.41) is 0.874. The van der Waals surface area contributed by atoms with Crippen molar-refractivity contribution >= 4 is 16.9 Å². The number of hydrogen-bond donors (Lipinski definition) is 1. The van der Waals surface area contributed by atoms with Gasteiger partial charge in [-0.3, -0.25) is 0 Å². The normalized spacial score (nSPS) is 33.2. The molecule has 1 saturated heterocycles. The van der Waals surface area contributed by atoms with Gasteiger partial charge in [0.1, 0.15) is 23.9 Å². The van der Waals surface area contributed by atoms with Gasteiger partial charge in [-0.15, -0.1) is 6.58 Å². The van der Waals surface area contributed by atoms with E-state index in [1.165, 1.54) is 6.33 Å². The van der Waals surface area contributed by atoms with Gasteiger partial charge >= 0.3 is 0 Å². The lowest BCUT2D eigenvalue weighted by atomic mass is 10.1. The van der Waals surface area contributed by atoms with Crippen LogP contribution in [0.15, 0.2) is 31.2 Å². The maximum atomic E-state index is 6.15. The third kappa shape index (κ3) is 1.87. The monoisotopic (exact) mass is 300 g/mol. The molecule has 3 heterocycles. The van der Waals surface area contributed by atoms with Crippen LogP contribution in [0.5, 0.6) is 0 Å². The Labute approximate surface area is 128 Å². The number of hydrogen-bond acceptors (Lipinski definition) is 5. The Morgan fingerprint density at radius 2 is 2.14 bits per heavy atom. The van der Waals surface area contributed by atoms with Gasteiger partial charge in [-0.2, -0.15) is 0 Å². The molecule has 1 aliphatic heterocycles. The molecule has 2 aromatic heterocycles. The molecule has 2 aliphatic rings. The standard InChI is InChI=1S/C16H20N4O2/c1-4-9-7-11(13-12(9)21-16(2,3)22-13)20-6-5-10-14(17)18-8-19-15(10)20/h4-6,8-9,11-13H,1,7H2,2-3H3,(H2,17,18,19). The topological polar surface area (TPSA) is 75.2 Å². The van der Waals surface area contributed by atoms with Crippen LogP contribution in [0.25, 0.3) is 11.0 Å². The number of anilines is 1. The number of nitrogens with two attached hydrogens (primary N) is 1. The van der Waals surface area contributed by atoms with Gasteiger partial charge in [-0.05, 0) is 26.3 Å². The Bertz CT molecular complexity index is 739. The lowest BCUT2D eigenvalue weighted by molar-refractivity contribution is -0.158. The Morgan fingerprint density at radius 3 is 2.91 bits per heavy atom. The molecule has 22 heavy (non-hydrogen) atoms. The van der Waals surface area contributed by atoms with E-state index in [0.717, 1.165) is 17.5 Å². The van der Waals surface area contributed by atoms with E-state index in [9.17, 15) is 0 Å². The first kappa shape index (κ1) is 13.7. The SMILES string of the molecule is C=CC1CC(n2ccc3c(N)ncnc32)C2OC(C)(C)OC12. The predicted molar refractivity (Wildman–Crippen MR) is 83.1 cm³/mol. The Kier molecular flexibility index (Phi) is 2.83. The van der Waals surface area contributed by atoms with Crippen LogP contribution in [0.1, 0.15) is 26.3 Å². The number of aromatic nitrogens is 3. The van der Waals surface area contributed by atoms with Crippen molar-refractivity contribution in [1.29, 1.82) is 0 Å². The largest absolute Gasteiger partial charge is 0.383 e. The van der Waals surface area contributed by atoms with Crippen LogP contribution in [0.2, 0.25) is 0 Å². The van der Waals surface area contributed by atoms with Crippen molar-refractivity contribution in [2.45, 2.75) is 44.3 Å². The van der Waals surface area contributed by atoms with Gasteiger partial charge in [0.15, 0.2) is 5.79 Å². The fourth-order valence-electron chi connectivity index (χ4n) is 3.75. The molecule has 116 valence electrons. The maximum Gasteiger partial charge on any atom is 0.163 e. The zero-order valence-corrected chi connectivity index (χ0v) is 12.8. The molecule has 6 heteroatoms. The van der Waals surface area contributed by atoms with Gasteiger partial charge in [-0.25, -0.2) is 9.97 Å². The van der Waals surface area contributed by atoms with Crippen molar-refractivity contribution < 1.29 is 9.47 Å². The minimum absolute atomic E-state index is 0.00945. The summed E-state index contributed by atoms with van der Waals surface area (Å²) in [5.41, 5.74) is 6.78. The summed E-state index contributed by atoms with van der Waals surface area (Å²) in [6, 6.07) is 2.11. The van der Waals surface area contributed by atoms with Gasteiger partial charge in [0, 0.05) is 12.1 Å². The summed E-state index contributed by atoms with van der Waals surface area (Å²) in [7, 11) is 0. The second-order valence-corrected chi connectivity index (χ2v) is 6.49. The van der Waals surface area contributed by atoms with Crippen molar-refractivity contribution in [3.8, 4) is 0 Å². The Hall–Kier alpha value is -1.92. The van der Waals surface area contributed by atoms with E-state index < -0.39 is 5.79 Å². The first-order valence-electron chi connectivity index (χ1n) is 7.55. The maximum absolute atomic E-state index is 6.15. The highest BCUT2D eigenvalue weighted by molar-refractivity contribution is 5.86. The second kappa shape index (κ2) is 4.54. The number of nitrogen functional groups attached to an aromatic ring is 1. The summed E-state index contributed by atoms with van der Waals surface area (Å²) < 4.78 is 14.4. The highest BCUT2D eigenvalue weighted by atomic mass is 16.8. The molecule has 1 saturated carbocycles. The van der Waals surface area contributed by atoms with Crippen molar-refractivity contribution in [2.24, 2.45) is 5.92 Å². The molecule has 6 nitrogen and oxygen atoms in total. The van der Waals surface area contributed by atoms with E-state index in [1.807, 2.05) is 32.2 Å². The molecule has 0 spiro atoms. The van der Waals surface area contributed by atoms with Gasteiger partial charge < -0.3 is 19.8 Å². The molecule has 4 atom stereocenters. The van der Waals surface area contributed by atoms with Crippen molar-refractivity contribution in [3.05, 3.63) is 31.2 Å². The molecule has 0 aromatic carbocycles. The summed E-state index contributed by atoms with van der Waals surface area (Å²) in [6.07, 6.45) is 6.43. The van der Waals surface area contributed by atoms with Crippen LogP contribution < -0.4 is 5.73 Å². The van der Waals surface area contributed by atoms with Gasteiger partial charge in [0.2, 0.25) is 0 Å². The Balaban J connectivity index is 1.78. The highest BCUT2D eigenvalue weighted by Crippen LogP contribution is 2.48. The zero-order chi connectivity index (χ0) is 15.5. The predicted octanol–water partition coefficient (Wildman–Crippen LogP) is 2.28. The second-order valence-electron chi connectivity index (χ2n) is 6.49. The lowest BCUT2D eigenvalue weighted by Crippen LogP contribution is -2.27. The van der Waals surface area contributed by atoms with E-state index in [2.05, 4.69) is 21.1 Å². The molecular weight excluding hydrogens is 280 g/mol. The minimum Gasteiger partial charge on any atom is -0.383 e. The third-order valence-electron chi connectivity index (χ3n) is 4.68. The average Bonchev–Trinajstić information content (AvgIpc) is 3.10. The molecule has 4 unspecified atom stereocenters. The number of nitrogens with zero attached hydrogens (tertiary/aromatic N) is 3. The van der Waals surface area contributed by atoms with Crippen LogP contribution in [0.4, 0.5) is 5.82 Å². The molecule has 2 aromatic rings. The smallest absolute Gasteiger partial charge is 0.163 e. The number of fused-ring (bicyclic) bond motifs is 2. The summed E-state index contributed by atoms with van der Waals surface area (Å²) >= 11 is 0. The molecule has 0 bridgehead atoms. The molecule has 0 radical (unpaired) electrons. The van der Waals surface area contributed by atoms with E-state index in [-0.39, 0.29) is 24.2 Å². The average molecular weight is 300 g/mol. The van der Waals surface area contributed by atoms with Crippen LogP contribution in [0, 0.1) is 5.92 Å². The van der Waals surface area contributed by atoms with Crippen molar-refractivity contribution in [2.75, 3.05) is 5.73 Å². The molecule has 2 N–H and O–H groups in total. The van der Waals surface area contributed by atoms with E-state index in [1.54, 1.807) is 0 Å². The van der Waals surface area contributed by atoms with E-state index >= 15 is 0 Å². The van der Waals surface area contributed by atoms with E-state index in [4.69, 9.17) is 15.2 Å². The van der Waals surface area contributed by atoms with Crippen LogP contribution in [-0.4, -0.2) is 32.5 Å².